The molecular weight excluding hydrogens is 226 g/mol. The Bertz CT molecular complexity index is 499. The highest BCUT2D eigenvalue weighted by Gasteiger charge is 2.23. The molecule has 98 valence electrons. The van der Waals surface area contributed by atoms with Crippen LogP contribution in [0.5, 0.6) is 0 Å². The number of hydrogen-bond donors (Lipinski definition) is 1. The van der Waals surface area contributed by atoms with Crippen molar-refractivity contribution in [2.75, 3.05) is 6.54 Å². The molecule has 0 radical (unpaired) electrons. The average molecular weight is 247 g/mol. The van der Waals surface area contributed by atoms with Gasteiger partial charge in [0.15, 0.2) is 0 Å². The van der Waals surface area contributed by atoms with Crippen LogP contribution in [0.1, 0.15) is 42.1 Å². The van der Waals surface area contributed by atoms with Crippen LogP contribution in [0, 0.1) is 13.8 Å². The Morgan fingerprint density at radius 1 is 1.44 bits per heavy atom. The van der Waals surface area contributed by atoms with Crippen molar-refractivity contribution >= 4 is 0 Å². The molecule has 1 unspecified atom stereocenters. The van der Waals surface area contributed by atoms with Crippen molar-refractivity contribution in [2.45, 2.75) is 33.2 Å². The second kappa shape index (κ2) is 5.40. The lowest BCUT2D eigenvalue weighted by atomic mass is 10.0. The summed E-state index contributed by atoms with van der Waals surface area (Å²) in [4.78, 5) is 0. The maximum absolute atomic E-state index is 5.57. The van der Waals surface area contributed by atoms with Gasteiger partial charge in [0.05, 0.1) is 18.0 Å². The standard InChI is InChI=1S/C14H21N3O/c1-5-8-15-14(12-7-6-9-18-12)13-10(2)16-17(4)11(13)3/h6-7,9,14-15H,5,8H2,1-4H3. The fourth-order valence-electron chi connectivity index (χ4n) is 2.30. The summed E-state index contributed by atoms with van der Waals surface area (Å²) in [5, 5.41) is 8.02. The molecule has 4 heteroatoms. The summed E-state index contributed by atoms with van der Waals surface area (Å²) in [6.45, 7) is 7.26. The van der Waals surface area contributed by atoms with Crippen LogP contribution in [0.3, 0.4) is 0 Å². The molecule has 0 aliphatic carbocycles. The number of rotatable bonds is 5. The molecule has 1 N–H and O–H groups in total. The first-order valence-corrected chi connectivity index (χ1v) is 6.42. The van der Waals surface area contributed by atoms with Crippen molar-refractivity contribution in [3.63, 3.8) is 0 Å². The molecule has 0 saturated heterocycles. The summed E-state index contributed by atoms with van der Waals surface area (Å²) in [6.07, 6.45) is 2.81. The van der Waals surface area contributed by atoms with E-state index in [1.165, 1.54) is 11.3 Å². The molecule has 0 bridgehead atoms. The molecule has 0 spiro atoms. The van der Waals surface area contributed by atoms with Crippen molar-refractivity contribution in [3.8, 4) is 0 Å². The van der Waals surface area contributed by atoms with E-state index in [2.05, 4.69) is 24.3 Å². The Kier molecular flexibility index (Phi) is 3.87. The van der Waals surface area contributed by atoms with E-state index in [0.717, 1.165) is 24.4 Å². The first-order valence-electron chi connectivity index (χ1n) is 6.42. The van der Waals surface area contributed by atoms with Gasteiger partial charge in [-0.15, -0.1) is 0 Å². The van der Waals surface area contributed by atoms with Crippen molar-refractivity contribution in [3.05, 3.63) is 41.1 Å². The van der Waals surface area contributed by atoms with Gasteiger partial charge in [0.1, 0.15) is 5.76 Å². The summed E-state index contributed by atoms with van der Waals surface area (Å²) in [5.74, 6) is 0.947. The van der Waals surface area contributed by atoms with E-state index in [0.29, 0.717) is 0 Å². The number of aromatic nitrogens is 2. The van der Waals surface area contributed by atoms with Gasteiger partial charge < -0.3 is 9.73 Å². The SMILES string of the molecule is CCCNC(c1ccco1)c1c(C)nn(C)c1C. The van der Waals surface area contributed by atoms with Gasteiger partial charge in [-0.2, -0.15) is 5.10 Å². The van der Waals surface area contributed by atoms with Gasteiger partial charge in [-0.25, -0.2) is 0 Å². The second-order valence-electron chi connectivity index (χ2n) is 4.61. The van der Waals surface area contributed by atoms with Crippen LogP contribution < -0.4 is 5.32 Å². The van der Waals surface area contributed by atoms with E-state index in [1.54, 1.807) is 6.26 Å². The van der Waals surface area contributed by atoms with Crippen LogP contribution in [0.25, 0.3) is 0 Å². The summed E-state index contributed by atoms with van der Waals surface area (Å²) in [6, 6.07) is 4.03. The lowest BCUT2D eigenvalue weighted by Crippen LogP contribution is -2.23. The van der Waals surface area contributed by atoms with Gasteiger partial charge in [0, 0.05) is 18.3 Å². The molecule has 2 rings (SSSR count). The van der Waals surface area contributed by atoms with Crippen LogP contribution in [0.15, 0.2) is 22.8 Å². The normalized spacial score (nSPS) is 12.9. The molecular formula is C14H21N3O. The number of nitrogens with one attached hydrogen (secondary N) is 1. The van der Waals surface area contributed by atoms with Crippen molar-refractivity contribution in [1.82, 2.24) is 15.1 Å². The smallest absolute Gasteiger partial charge is 0.125 e. The third-order valence-corrected chi connectivity index (χ3v) is 3.28. The Morgan fingerprint density at radius 2 is 2.22 bits per heavy atom. The zero-order valence-electron chi connectivity index (χ0n) is 11.5. The topological polar surface area (TPSA) is 43.0 Å². The highest BCUT2D eigenvalue weighted by molar-refractivity contribution is 5.33. The summed E-state index contributed by atoms with van der Waals surface area (Å²) < 4.78 is 7.49. The first kappa shape index (κ1) is 12.9. The van der Waals surface area contributed by atoms with Crippen LogP contribution in [0.4, 0.5) is 0 Å². The molecule has 0 amide bonds. The summed E-state index contributed by atoms with van der Waals surface area (Å²) in [5.41, 5.74) is 3.46. The Hall–Kier alpha value is -1.55. The molecule has 2 aromatic heterocycles. The fraction of sp³-hybridized carbons (Fsp3) is 0.500. The van der Waals surface area contributed by atoms with Crippen LogP contribution in [-0.4, -0.2) is 16.3 Å². The maximum Gasteiger partial charge on any atom is 0.125 e. The molecule has 4 nitrogen and oxygen atoms in total. The van der Waals surface area contributed by atoms with Gasteiger partial charge >= 0.3 is 0 Å². The highest BCUT2D eigenvalue weighted by Crippen LogP contribution is 2.27. The van der Waals surface area contributed by atoms with Crippen molar-refractivity contribution < 1.29 is 4.42 Å². The van der Waals surface area contributed by atoms with Gasteiger partial charge in [0.2, 0.25) is 0 Å². The van der Waals surface area contributed by atoms with Crippen molar-refractivity contribution in [1.29, 1.82) is 0 Å². The zero-order chi connectivity index (χ0) is 13.1. The molecule has 0 fully saturated rings. The number of aryl methyl sites for hydroxylation is 2. The van der Waals surface area contributed by atoms with E-state index in [1.807, 2.05) is 30.8 Å². The number of furan rings is 1. The second-order valence-corrected chi connectivity index (χ2v) is 4.61. The minimum absolute atomic E-state index is 0.0913. The molecule has 0 aliphatic rings. The predicted molar refractivity (Wildman–Crippen MR) is 71.5 cm³/mol. The van der Waals surface area contributed by atoms with E-state index < -0.39 is 0 Å². The van der Waals surface area contributed by atoms with E-state index >= 15 is 0 Å². The minimum atomic E-state index is 0.0913. The van der Waals surface area contributed by atoms with Crippen molar-refractivity contribution in [2.24, 2.45) is 7.05 Å². The van der Waals surface area contributed by atoms with Gasteiger partial charge in [-0.3, -0.25) is 4.68 Å². The third-order valence-electron chi connectivity index (χ3n) is 3.28. The molecule has 0 aliphatic heterocycles. The molecule has 2 heterocycles. The van der Waals surface area contributed by atoms with Crippen LogP contribution in [-0.2, 0) is 7.05 Å². The quantitative estimate of drug-likeness (QED) is 0.883. The van der Waals surface area contributed by atoms with Gasteiger partial charge in [0.25, 0.3) is 0 Å². The molecule has 0 aromatic carbocycles. The molecule has 18 heavy (non-hydrogen) atoms. The zero-order valence-corrected chi connectivity index (χ0v) is 11.5. The Morgan fingerprint density at radius 3 is 2.72 bits per heavy atom. The van der Waals surface area contributed by atoms with E-state index in [9.17, 15) is 0 Å². The maximum atomic E-state index is 5.57. The minimum Gasteiger partial charge on any atom is -0.467 e. The number of hydrogen-bond acceptors (Lipinski definition) is 3. The van der Waals surface area contributed by atoms with Gasteiger partial charge in [-0.05, 0) is 38.9 Å². The monoisotopic (exact) mass is 247 g/mol. The lowest BCUT2D eigenvalue weighted by Gasteiger charge is -2.17. The molecule has 0 saturated carbocycles. The van der Waals surface area contributed by atoms with Crippen LogP contribution in [0.2, 0.25) is 0 Å². The molecule has 2 aromatic rings. The highest BCUT2D eigenvalue weighted by atomic mass is 16.3. The Balaban J connectivity index is 2.40. The van der Waals surface area contributed by atoms with E-state index in [-0.39, 0.29) is 6.04 Å². The summed E-state index contributed by atoms with van der Waals surface area (Å²) >= 11 is 0. The third kappa shape index (κ3) is 2.34. The first-order chi connectivity index (χ1) is 8.65. The van der Waals surface area contributed by atoms with E-state index in [4.69, 9.17) is 4.42 Å². The predicted octanol–water partition coefficient (Wildman–Crippen LogP) is 2.72. The Labute approximate surface area is 108 Å². The average Bonchev–Trinajstić information content (AvgIpc) is 2.93. The number of nitrogens with zero attached hydrogens (tertiary/aromatic N) is 2. The largest absolute Gasteiger partial charge is 0.467 e. The summed E-state index contributed by atoms with van der Waals surface area (Å²) in [7, 11) is 1.98. The lowest BCUT2D eigenvalue weighted by molar-refractivity contribution is 0.444. The van der Waals surface area contributed by atoms with Crippen LogP contribution >= 0.6 is 0 Å². The fourth-order valence-corrected chi connectivity index (χ4v) is 2.30. The van der Waals surface area contributed by atoms with Gasteiger partial charge in [-0.1, -0.05) is 6.92 Å². The molecule has 1 atom stereocenters.